The van der Waals surface area contributed by atoms with Crippen LogP contribution in [-0.2, 0) is 12.8 Å². The minimum Gasteiger partial charge on any atom is -0.361 e. The predicted octanol–water partition coefficient (Wildman–Crippen LogP) is 2.83. The molecule has 4 rings (SSSR count). The van der Waals surface area contributed by atoms with E-state index in [0.717, 1.165) is 17.9 Å². The predicted molar refractivity (Wildman–Crippen MR) is 74.8 cm³/mol. The molecule has 0 spiro atoms. The number of H-pyrrole nitrogens is 1. The molecule has 2 nitrogen and oxygen atoms in total. The van der Waals surface area contributed by atoms with E-state index in [4.69, 9.17) is 0 Å². The smallest absolute Gasteiger partial charge is 0.0459 e. The van der Waals surface area contributed by atoms with E-state index in [2.05, 4.69) is 48.3 Å². The average molecular weight is 240 g/mol. The Balaban J connectivity index is 1.89. The fraction of sp³-hybridized carbons (Fsp3) is 0.500. The van der Waals surface area contributed by atoms with Gasteiger partial charge in [-0.2, -0.15) is 0 Å². The summed E-state index contributed by atoms with van der Waals surface area (Å²) in [5, 5.41) is 1.51. The van der Waals surface area contributed by atoms with E-state index in [1.165, 1.54) is 35.9 Å². The molecule has 0 bridgehead atoms. The lowest BCUT2D eigenvalue weighted by atomic mass is 9.86. The molecule has 3 atom stereocenters. The summed E-state index contributed by atoms with van der Waals surface area (Å²) in [6, 6.07) is 7.46. The van der Waals surface area contributed by atoms with Gasteiger partial charge in [-0.3, -0.25) is 0 Å². The van der Waals surface area contributed by atoms with Gasteiger partial charge in [0.15, 0.2) is 0 Å². The number of likely N-dealkylation sites (tertiary alicyclic amines) is 1. The first-order valence-electron chi connectivity index (χ1n) is 7.02. The number of benzene rings is 1. The van der Waals surface area contributed by atoms with Crippen LogP contribution in [0.5, 0.6) is 0 Å². The van der Waals surface area contributed by atoms with Crippen LogP contribution in [0.2, 0.25) is 0 Å². The van der Waals surface area contributed by atoms with E-state index < -0.39 is 0 Å². The van der Waals surface area contributed by atoms with E-state index in [-0.39, 0.29) is 0 Å². The molecule has 1 unspecified atom stereocenters. The van der Waals surface area contributed by atoms with Crippen molar-refractivity contribution in [3.05, 3.63) is 35.5 Å². The zero-order valence-corrected chi connectivity index (χ0v) is 11.1. The second-order valence-corrected chi connectivity index (χ2v) is 6.21. The molecule has 2 aliphatic rings. The molecule has 1 aliphatic carbocycles. The minimum atomic E-state index is 0.728. The molecule has 0 saturated carbocycles. The van der Waals surface area contributed by atoms with Crippen molar-refractivity contribution in [2.75, 3.05) is 13.6 Å². The van der Waals surface area contributed by atoms with Crippen LogP contribution < -0.4 is 0 Å². The Morgan fingerprint density at radius 2 is 2.11 bits per heavy atom. The Morgan fingerprint density at radius 1 is 1.22 bits per heavy atom. The number of nitrogens with one attached hydrogen (secondary N) is 1. The number of nitrogens with zero attached hydrogens (tertiary/aromatic N) is 1. The van der Waals surface area contributed by atoms with Crippen LogP contribution in [0.1, 0.15) is 18.1 Å². The van der Waals surface area contributed by atoms with E-state index in [1.807, 2.05) is 0 Å². The second-order valence-electron chi connectivity index (χ2n) is 6.21. The van der Waals surface area contributed by atoms with Crippen molar-refractivity contribution in [2.45, 2.75) is 25.8 Å². The summed E-state index contributed by atoms with van der Waals surface area (Å²) in [5.41, 5.74) is 4.39. The lowest BCUT2D eigenvalue weighted by Crippen LogP contribution is -2.31. The van der Waals surface area contributed by atoms with Gasteiger partial charge in [-0.05, 0) is 48.9 Å². The van der Waals surface area contributed by atoms with Crippen molar-refractivity contribution >= 4 is 10.9 Å². The topological polar surface area (TPSA) is 19.0 Å². The van der Waals surface area contributed by atoms with Gasteiger partial charge in [0.05, 0.1) is 0 Å². The van der Waals surface area contributed by atoms with Gasteiger partial charge in [-0.1, -0.05) is 19.1 Å². The Morgan fingerprint density at radius 3 is 3.00 bits per heavy atom. The fourth-order valence-electron chi connectivity index (χ4n) is 4.22. The summed E-state index contributed by atoms with van der Waals surface area (Å²) >= 11 is 0. The summed E-state index contributed by atoms with van der Waals surface area (Å²) in [7, 11) is 2.29. The van der Waals surface area contributed by atoms with Crippen LogP contribution in [0, 0.1) is 11.8 Å². The van der Waals surface area contributed by atoms with E-state index >= 15 is 0 Å². The molecule has 1 N–H and O–H groups in total. The van der Waals surface area contributed by atoms with Crippen molar-refractivity contribution in [3.8, 4) is 0 Å². The Bertz CT molecular complexity index is 598. The van der Waals surface area contributed by atoms with Gasteiger partial charge in [0.2, 0.25) is 0 Å². The number of aromatic nitrogens is 1. The summed E-state index contributed by atoms with van der Waals surface area (Å²) in [6.07, 6.45) is 4.69. The first-order valence-corrected chi connectivity index (χ1v) is 7.02. The van der Waals surface area contributed by atoms with Gasteiger partial charge < -0.3 is 9.88 Å². The Hall–Kier alpha value is -1.28. The Labute approximate surface area is 108 Å². The van der Waals surface area contributed by atoms with Crippen molar-refractivity contribution in [2.24, 2.45) is 11.8 Å². The van der Waals surface area contributed by atoms with Crippen LogP contribution in [0.3, 0.4) is 0 Å². The van der Waals surface area contributed by atoms with Crippen LogP contribution in [0.25, 0.3) is 10.9 Å². The van der Waals surface area contributed by atoms with Crippen LogP contribution in [0.15, 0.2) is 24.4 Å². The molecule has 2 aromatic rings. The number of fused-ring (bicyclic) bond motifs is 1. The van der Waals surface area contributed by atoms with Crippen LogP contribution in [-0.4, -0.2) is 29.5 Å². The molecule has 94 valence electrons. The molecule has 1 aromatic heterocycles. The van der Waals surface area contributed by atoms with Crippen molar-refractivity contribution in [1.29, 1.82) is 0 Å². The fourth-order valence-corrected chi connectivity index (χ4v) is 4.22. The van der Waals surface area contributed by atoms with Gasteiger partial charge in [0, 0.05) is 29.7 Å². The lowest BCUT2D eigenvalue weighted by Gasteiger charge is -2.23. The monoisotopic (exact) mass is 240 g/mol. The molecule has 18 heavy (non-hydrogen) atoms. The number of aromatic amines is 1. The maximum absolute atomic E-state index is 3.44. The van der Waals surface area contributed by atoms with Gasteiger partial charge in [-0.25, -0.2) is 0 Å². The third-order valence-corrected chi connectivity index (χ3v) is 5.13. The molecular formula is C16H20N2. The Kier molecular flexibility index (Phi) is 2.13. The summed E-state index contributed by atoms with van der Waals surface area (Å²) in [6.45, 7) is 3.68. The first kappa shape index (κ1) is 10.6. The van der Waals surface area contributed by atoms with Crippen LogP contribution in [0.4, 0.5) is 0 Å². The van der Waals surface area contributed by atoms with Crippen molar-refractivity contribution in [3.63, 3.8) is 0 Å². The summed E-state index contributed by atoms with van der Waals surface area (Å²) in [4.78, 5) is 6.00. The number of hydrogen-bond acceptors (Lipinski definition) is 1. The molecule has 0 amide bonds. The standard InChI is InChI=1S/C16H20N2/c1-10-9-18(2)15-7-12-8-17-14-5-3-4-11(16(12)14)6-13(10)15/h3-5,8,10,13,15,17H,6-7,9H2,1-2H3/t10-,13?,15+/m0/s1. The van der Waals surface area contributed by atoms with Gasteiger partial charge in [0.25, 0.3) is 0 Å². The van der Waals surface area contributed by atoms with E-state index in [0.29, 0.717) is 0 Å². The highest BCUT2D eigenvalue weighted by molar-refractivity contribution is 5.87. The van der Waals surface area contributed by atoms with Gasteiger partial charge >= 0.3 is 0 Å². The van der Waals surface area contributed by atoms with Crippen LogP contribution >= 0.6 is 0 Å². The van der Waals surface area contributed by atoms with Gasteiger partial charge in [0.1, 0.15) is 0 Å². The largest absolute Gasteiger partial charge is 0.361 e. The normalized spacial score (nSPS) is 31.6. The highest BCUT2D eigenvalue weighted by Crippen LogP contribution is 2.39. The SMILES string of the molecule is C[C@H]1CN(C)[C@@H]2Cc3c[nH]c4cccc(c34)CC21. The molecule has 1 saturated heterocycles. The molecule has 2 heterocycles. The summed E-state index contributed by atoms with van der Waals surface area (Å²) < 4.78 is 0. The third kappa shape index (κ3) is 1.33. The molecule has 1 aliphatic heterocycles. The quantitative estimate of drug-likeness (QED) is 0.750. The molecule has 1 aromatic carbocycles. The zero-order chi connectivity index (χ0) is 12.3. The van der Waals surface area contributed by atoms with E-state index in [1.54, 1.807) is 5.56 Å². The third-order valence-electron chi connectivity index (χ3n) is 5.13. The maximum atomic E-state index is 3.44. The highest BCUT2D eigenvalue weighted by atomic mass is 15.2. The lowest BCUT2D eigenvalue weighted by molar-refractivity contribution is 0.269. The highest BCUT2D eigenvalue weighted by Gasteiger charge is 2.39. The molecule has 0 radical (unpaired) electrons. The number of rotatable bonds is 0. The molecule has 1 fully saturated rings. The molecule has 2 heteroatoms. The zero-order valence-electron chi connectivity index (χ0n) is 11.1. The number of likely N-dealkylation sites (N-methyl/N-ethyl adjacent to an activating group) is 1. The van der Waals surface area contributed by atoms with Gasteiger partial charge in [-0.15, -0.1) is 0 Å². The first-order chi connectivity index (χ1) is 8.74. The van der Waals surface area contributed by atoms with Crippen molar-refractivity contribution in [1.82, 2.24) is 9.88 Å². The number of hydrogen-bond donors (Lipinski definition) is 1. The maximum Gasteiger partial charge on any atom is 0.0459 e. The average Bonchev–Trinajstić information content (AvgIpc) is 2.80. The summed E-state index contributed by atoms with van der Waals surface area (Å²) in [5.74, 6) is 1.65. The second kappa shape index (κ2) is 3.61. The van der Waals surface area contributed by atoms with Crippen molar-refractivity contribution < 1.29 is 0 Å². The molecular weight excluding hydrogens is 220 g/mol. The minimum absolute atomic E-state index is 0.728. The van der Waals surface area contributed by atoms with E-state index in [9.17, 15) is 0 Å².